The van der Waals surface area contributed by atoms with E-state index in [4.69, 9.17) is 9.41 Å². The van der Waals surface area contributed by atoms with Crippen LogP contribution in [-0.2, 0) is 27.3 Å². The zero-order valence-electron chi connectivity index (χ0n) is 31.4. The monoisotopic (exact) mass is 780 g/mol. The summed E-state index contributed by atoms with van der Waals surface area (Å²) >= 11 is 1.47. The van der Waals surface area contributed by atoms with Crippen molar-refractivity contribution < 1.29 is 17.6 Å². The normalized spacial score (nSPS) is 17.3. The molecular formula is C41H48N4O4S2Si2. The van der Waals surface area contributed by atoms with E-state index in [1.54, 1.807) is 11.0 Å². The highest BCUT2D eigenvalue weighted by atomic mass is 32.2. The number of piperazine rings is 1. The van der Waals surface area contributed by atoms with Gasteiger partial charge in [-0.1, -0.05) is 107 Å². The summed E-state index contributed by atoms with van der Waals surface area (Å²) < 4.78 is 36.3. The molecule has 1 aliphatic carbocycles. The highest BCUT2D eigenvalue weighted by Gasteiger charge is 2.51. The Balaban J connectivity index is 1.03. The molecule has 5 aromatic rings. The lowest BCUT2D eigenvalue weighted by Crippen LogP contribution is -2.68. The summed E-state index contributed by atoms with van der Waals surface area (Å²) in [6.45, 7) is 14.5. The third-order valence-electron chi connectivity index (χ3n) is 10.2. The smallest absolute Gasteiger partial charge is 0.282 e. The van der Waals surface area contributed by atoms with E-state index in [1.807, 2.05) is 18.2 Å². The number of H-pyrrole nitrogens is 1. The number of sulfonamides is 1. The first kappa shape index (κ1) is 37.5. The fourth-order valence-corrected chi connectivity index (χ4v) is 15.3. The predicted octanol–water partition coefficient (Wildman–Crippen LogP) is 6.43. The minimum atomic E-state index is -3.77. The van der Waals surface area contributed by atoms with Gasteiger partial charge in [-0.05, 0) is 52.5 Å². The van der Waals surface area contributed by atoms with Crippen molar-refractivity contribution in [3.05, 3.63) is 106 Å². The SMILES string of the molecule is CC(C)(C)[Si](OC1CCc2nc(C(=O)N3CCN(S(=O)(=O)c4cc5cc(C#C[Si](C)(C)C)ccc5[nH]4)CC3)sc2C1)(c1ccccc1)c1ccccc1. The first-order valence-electron chi connectivity index (χ1n) is 18.4. The Hall–Kier alpha value is -3.84. The minimum absolute atomic E-state index is 0.000246. The van der Waals surface area contributed by atoms with Crippen LogP contribution in [0.15, 0.2) is 90.0 Å². The second-order valence-electron chi connectivity index (χ2n) is 16.2. The average Bonchev–Trinajstić information content (AvgIpc) is 3.77. The number of nitrogens with one attached hydrogen (secondary N) is 1. The van der Waals surface area contributed by atoms with Gasteiger partial charge in [-0.3, -0.25) is 4.79 Å². The number of hydrogen-bond acceptors (Lipinski definition) is 6. The van der Waals surface area contributed by atoms with E-state index in [1.165, 1.54) is 26.0 Å². The van der Waals surface area contributed by atoms with Gasteiger partial charge in [0, 0.05) is 53.9 Å². The Labute approximate surface area is 319 Å². The number of aryl methyl sites for hydroxylation is 1. The van der Waals surface area contributed by atoms with Crippen molar-refractivity contribution in [2.75, 3.05) is 26.2 Å². The lowest BCUT2D eigenvalue weighted by Gasteiger charge is -2.45. The molecule has 1 N–H and O–H groups in total. The molecule has 0 spiro atoms. The highest BCUT2D eigenvalue weighted by Crippen LogP contribution is 2.40. The second-order valence-corrected chi connectivity index (χ2v) is 28.2. The zero-order chi connectivity index (χ0) is 37.6. The van der Waals surface area contributed by atoms with Gasteiger partial charge in [-0.15, -0.1) is 16.9 Å². The molecule has 12 heteroatoms. The van der Waals surface area contributed by atoms with Crippen LogP contribution in [0.4, 0.5) is 0 Å². The third kappa shape index (κ3) is 7.61. The molecule has 1 unspecified atom stereocenters. The number of rotatable bonds is 7. The standard InChI is InChI=1S/C41H48N4O4S2Si2/c1-41(2,3)53(33-13-9-7-10-14-33,34-15-11-8-12-16-34)49-32-18-20-36-37(29-32)50-39(43-36)40(46)44-22-24-45(25-23-44)51(47,48)38-28-31-27-30(17-19-35(31)42-38)21-26-52(4,5)6/h7-17,19,27-28,32,42H,18,20,22-25,29H2,1-6H3. The van der Waals surface area contributed by atoms with Crippen LogP contribution in [0.2, 0.25) is 24.7 Å². The Morgan fingerprint density at radius 1 is 0.925 bits per heavy atom. The van der Waals surface area contributed by atoms with Crippen LogP contribution < -0.4 is 10.4 Å². The largest absolute Gasteiger partial charge is 0.404 e. The van der Waals surface area contributed by atoms with Crippen LogP contribution >= 0.6 is 11.3 Å². The third-order valence-corrected chi connectivity index (χ3v) is 19.1. The van der Waals surface area contributed by atoms with Gasteiger partial charge in [0.2, 0.25) is 0 Å². The molecule has 0 bridgehead atoms. The van der Waals surface area contributed by atoms with Gasteiger partial charge in [-0.2, -0.15) is 4.31 Å². The molecule has 276 valence electrons. The second kappa shape index (κ2) is 14.4. The number of benzene rings is 3. The number of carbonyl (C=O) groups excluding carboxylic acids is 1. The first-order valence-corrected chi connectivity index (χ1v) is 26.0. The molecule has 2 aromatic heterocycles. The van der Waals surface area contributed by atoms with Crippen LogP contribution in [0.3, 0.4) is 0 Å². The van der Waals surface area contributed by atoms with Crippen LogP contribution in [-0.4, -0.2) is 82.2 Å². The lowest BCUT2D eigenvalue weighted by atomic mass is 10.0. The Bertz CT molecular complexity index is 2250. The van der Waals surface area contributed by atoms with Gasteiger partial charge in [0.25, 0.3) is 24.2 Å². The maximum absolute atomic E-state index is 13.8. The van der Waals surface area contributed by atoms with E-state index in [-0.39, 0.29) is 35.2 Å². The summed E-state index contributed by atoms with van der Waals surface area (Å²) in [7, 11) is -8.03. The maximum Gasteiger partial charge on any atom is 0.282 e. The molecule has 1 saturated heterocycles. The Morgan fingerprint density at radius 3 is 2.17 bits per heavy atom. The van der Waals surface area contributed by atoms with Gasteiger partial charge in [0.1, 0.15) is 13.1 Å². The van der Waals surface area contributed by atoms with Crippen molar-refractivity contribution in [2.45, 2.75) is 75.8 Å². The summed E-state index contributed by atoms with van der Waals surface area (Å²) in [5, 5.41) is 3.83. The molecule has 2 aliphatic rings. The molecule has 0 saturated carbocycles. The van der Waals surface area contributed by atoms with Crippen molar-refractivity contribution >= 4 is 64.9 Å². The number of aromatic nitrogens is 2. The number of fused-ring (bicyclic) bond motifs is 2. The van der Waals surface area contributed by atoms with Crippen LogP contribution in [0.25, 0.3) is 10.9 Å². The number of aromatic amines is 1. The van der Waals surface area contributed by atoms with Crippen molar-refractivity contribution in [1.82, 2.24) is 19.2 Å². The molecule has 1 fully saturated rings. The Kier molecular flexibility index (Phi) is 10.2. The first-order chi connectivity index (χ1) is 25.1. The highest BCUT2D eigenvalue weighted by molar-refractivity contribution is 7.89. The van der Waals surface area contributed by atoms with Crippen LogP contribution in [0.5, 0.6) is 0 Å². The van der Waals surface area contributed by atoms with Gasteiger partial charge < -0.3 is 14.3 Å². The molecule has 3 aromatic carbocycles. The molecule has 53 heavy (non-hydrogen) atoms. The molecule has 1 amide bonds. The fourth-order valence-electron chi connectivity index (χ4n) is 7.47. The summed E-state index contributed by atoms with van der Waals surface area (Å²) in [5.74, 6) is 3.12. The summed E-state index contributed by atoms with van der Waals surface area (Å²) in [4.78, 5) is 24.6. The molecule has 1 atom stereocenters. The number of amides is 1. The van der Waals surface area contributed by atoms with Crippen molar-refractivity contribution in [2.24, 2.45) is 0 Å². The van der Waals surface area contributed by atoms with E-state index < -0.39 is 26.4 Å². The van der Waals surface area contributed by atoms with Gasteiger partial charge in [0.15, 0.2) is 5.01 Å². The van der Waals surface area contributed by atoms with E-state index in [0.717, 1.165) is 39.9 Å². The number of nitrogens with zero attached hydrogens (tertiary/aromatic N) is 3. The number of hydrogen-bond donors (Lipinski definition) is 1. The Morgan fingerprint density at radius 2 is 1.57 bits per heavy atom. The number of carbonyl (C=O) groups is 1. The van der Waals surface area contributed by atoms with Crippen LogP contribution in [0.1, 0.15) is 53.1 Å². The average molecular weight is 781 g/mol. The molecule has 3 heterocycles. The quantitative estimate of drug-likeness (QED) is 0.152. The summed E-state index contributed by atoms with van der Waals surface area (Å²) in [6, 6.07) is 28.8. The molecule has 8 nitrogen and oxygen atoms in total. The van der Waals surface area contributed by atoms with E-state index >= 15 is 0 Å². The number of thiazole rings is 1. The molecule has 0 radical (unpaired) electrons. The maximum atomic E-state index is 13.8. The van der Waals surface area contributed by atoms with Crippen molar-refractivity contribution in [3.8, 4) is 11.5 Å². The molecule has 7 rings (SSSR count). The predicted molar refractivity (Wildman–Crippen MR) is 220 cm³/mol. The fraction of sp³-hybridized carbons (Fsp3) is 0.366. The summed E-state index contributed by atoms with van der Waals surface area (Å²) in [6.07, 6.45) is 2.31. The summed E-state index contributed by atoms with van der Waals surface area (Å²) in [5.41, 5.74) is 5.98. The van der Waals surface area contributed by atoms with E-state index in [2.05, 4.69) is 118 Å². The van der Waals surface area contributed by atoms with Gasteiger partial charge >= 0.3 is 0 Å². The van der Waals surface area contributed by atoms with Crippen LogP contribution in [0, 0.1) is 11.5 Å². The topological polar surface area (TPSA) is 95.6 Å². The van der Waals surface area contributed by atoms with Gasteiger partial charge in [-0.25, -0.2) is 13.4 Å². The minimum Gasteiger partial charge on any atom is -0.404 e. The zero-order valence-corrected chi connectivity index (χ0v) is 35.0. The lowest BCUT2D eigenvalue weighted by molar-refractivity contribution is 0.0697. The van der Waals surface area contributed by atoms with E-state index in [9.17, 15) is 13.2 Å². The molecular weight excluding hydrogens is 733 g/mol. The molecule has 1 aliphatic heterocycles. The van der Waals surface area contributed by atoms with Crippen molar-refractivity contribution in [1.29, 1.82) is 0 Å². The van der Waals surface area contributed by atoms with Crippen molar-refractivity contribution in [3.63, 3.8) is 0 Å². The van der Waals surface area contributed by atoms with Gasteiger partial charge in [0.05, 0.1) is 11.8 Å². The van der Waals surface area contributed by atoms with E-state index in [0.29, 0.717) is 24.5 Å².